The second kappa shape index (κ2) is 2.67. The molecule has 2 saturated heterocycles. The van der Waals surface area contributed by atoms with Crippen LogP contribution < -0.4 is 0 Å². The third kappa shape index (κ3) is 1.34. The van der Waals surface area contributed by atoms with Crippen molar-refractivity contribution >= 4 is 6.16 Å². The summed E-state index contributed by atoms with van der Waals surface area (Å²) in [6, 6.07) is 0. The lowest BCUT2D eigenvalue weighted by molar-refractivity contribution is 0.00733. The Morgan fingerprint density at radius 3 is 2.73 bits per heavy atom. The Labute approximate surface area is 88.9 Å². The molecule has 2 aliphatic heterocycles. The van der Waals surface area contributed by atoms with Crippen LogP contribution in [0.5, 0.6) is 0 Å². The zero-order valence-electron chi connectivity index (χ0n) is 9.12. The summed E-state index contributed by atoms with van der Waals surface area (Å²) in [7, 11) is 0. The fourth-order valence-electron chi connectivity index (χ4n) is 2.85. The van der Waals surface area contributed by atoms with Crippen molar-refractivity contribution in [3.63, 3.8) is 0 Å². The molecular formula is C11H16O4. The van der Waals surface area contributed by atoms with E-state index in [2.05, 4.69) is 6.92 Å². The van der Waals surface area contributed by atoms with Crippen molar-refractivity contribution in [3.8, 4) is 0 Å². The molecule has 3 fully saturated rings. The summed E-state index contributed by atoms with van der Waals surface area (Å²) in [6.07, 6.45) is 2.95. The minimum absolute atomic E-state index is 0.121. The smallest absolute Gasteiger partial charge is 0.430 e. The maximum atomic E-state index is 11.0. The van der Waals surface area contributed by atoms with Crippen molar-refractivity contribution in [2.24, 2.45) is 5.92 Å². The Bertz CT molecular complexity index is 316. The molecule has 1 aliphatic carbocycles. The third-order valence-corrected chi connectivity index (χ3v) is 4.18. The molecule has 84 valence electrons. The number of ether oxygens (including phenoxy) is 3. The summed E-state index contributed by atoms with van der Waals surface area (Å²) in [6.45, 7) is 4.51. The lowest BCUT2D eigenvalue weighted by atomic mass is 9.75. The summed E-state index contributed by atoms with van der Waals surface area (Å²) >= 11 is 0. The number of rotatable bonds is 1. The number of epoxide rings is 1. The Morgan fingerprint density at radius 2 is 2.13 bits per heavy atom. The normalized spacial score (nSPS) is 53.1. The van der Waals surface area contributed by atoms with Gasteiger partial charge in [-0.1, -0.05) is 0 Å². The molecule has 3 unspecified atom stereocenters. The minimum Gasteiger partial charge on any atom is -0.430 e. The highest BCUT2D eigenvalue weighted by atomic mass is 16.8. The quantitative estimate of drug-likeness (QED) is 0.491. The summed E-state index contributed by atoms with van der Waals surface area (Å²) < 4.78 is 15.8. The highest BCUT2D eigenvalue weighted by Gasteiger charge is 2.59. The largest absolute Gasteiger partial charge is 0.509 e. The van der Waals surface area contributed by atoms with Crippen molar-refractivity contribution < 1.29 is 19.0 Å². The molecule has 4 heteroatoms. The molecule has 0 aromatic heterocycles. The number of fused-ring (bicyclic) bond motifs is 1. The third-order valence-electron chi connectivity index (χ3n) is 4.18. The topological polar surface area (TPSA) is 48.1 Å². The molecule has 4 atom stereocenters. The molecule has 0 N–H and O–H groups in total. The van der Waals surface area contributed by atoms with Gasteiger partial charge < -0.3 is 14.2 Å². The van der Waals surface area contributed by atoms with Crippen LogP contribution in [0.3, 0.4) is 0 Å². The maximum Gasteiger partial charge on any atom is 0.509 e. The number of carbonyl (C=O) groups is 1. The molecule has 0 spiro atoms. The average molecular weight is 212 g/mol. The van der Waals surface area contributed by atoms with Gasteiger partial charge in [0.1, 0.15) is 12.2 Å². The number of carbonyl (C=O) groups excluding carboxylic acids is 1. The van der Waals surface area contributed by atoms with Crippen LogP contribution in [0.15, 0.2) is 0 Å². The van der Waals surface area contributed by atoms with E-state index in [4.69, 9.17) is 14.2 Å². The van der Waals surface area contributed by atoms with Gasteiger partial charge in [-0.05, 0) is 33.1 Å². The monoisotopic (exact) mass is 212 g/mol. The second-order valence-corrected chi connectivity index (χ2v) is 5.34. The molecule has 3 aliphatic rings. The van der Waals surface area contributed by atoms with E-state index in [1.165, 1.54) is 0 Å². The van der Waals surface area contributed by atoms with Gasteiger partial charge in [-0.15, -0.1) is 0 Å². The molecule has 15 heavy (non-hydrogen) atoms. The van der Waals surface area contributed by atoms with E-state index >= 15 is 0 Å². The van der Waals surface area contributed by atoms with Crippen molar-refractivity contribution in [1.29, 1.82) is 0 Å². The fraction of sp³-hybridized carbons (Fsp3) is 0.909. The maximum absolute atomic E-state index is 11.0. The summed E-state index contributed by atoms with van der Waals surface area (Å²) in [5.74, 6) is 0.379. The van der Waals surface area contributed by atoms with Gasteiger partial charge in [-0.3, -0.25) is 0 Å². The number of cyclic esters (lactones) is 2. The Hall–Kier alpha value is -0.770. The van der Waals surface area contributed by atoms with Crippen LogP contribution in [0.25, 0.3) is 0 Å². The molecule has 3 rings (SSSR count). The first kappa shape index (κ1) is 9.46. The van der Waals surface area contributed by atoms with Gasteiger partial charge in [0.2, 0.25) is 0 Å². The first-order valence-electron chi connectivity index (χ1n) is 5.55. The molecule has 0 aromatic carbocycles. The predicted molar refractivity (Wildman–Crippen MR) is 51.5 cm³/mol. The molecule has 0 aromatic rings. The van der Waals surface area contributed by atoms with Crippen LogP contribution in [0.1, 0.15) is 33.1 Å². The number of hydrogen-bond donors (Lipinski definition) is 0. The van der Waals surface area contributed by atoms with Crippen LogP contribution >= 0.6 is 0 Å². The van der Waals surface area contributed by atoms with E-state index in [1.807, 2.05) is 6.92 Å². The first-order chi connectivity index (χ1) is 7.02. The van der Waals surface area contributed by atoms with Crippen LogP contribution in [-0.2, 0) is 14.2 Å². The van der Waals surface area contributed by atoms with E-state index in [0.29, 0.717) is 18.6 Å². The second-order valence-electron chi connectivity index (χ2n) is 5.34. The average Bonchev–Trinajstić information content (AvgIpc) is 2.73. The van der Waals surface area contributed by atoms with E-state index < -0.39 is 11.8 Å². The van der Waals surface area contributed by atoms with Gasteiger partial charge in [0, 0.05) is 5.92 Å². The lowest BCUT2D eigenvalue weighted by Gasteiger charge is -2.33. The van der Waals surface area contributed by atoms with E-state index in [9.17, 15) is 4.79 Å². The molecule has 0 bridgehead atoms. The fourth-order valence-corrected chi connectivity index (χ4v) is 2.85. The zero-order chi connectivity index (χ0) is 10.7. The van der Waals surface area contributed by atoms with Gasteiger partial charge in [-0.25, -0.2) is 4.79 Å². The molecule has 4 nitrogen and oxygen atoms in total. The molecule has 2 heterocycles. The van der Waals surface area contributed by atoms with Gasteiger partial charge in [0.15, 0.2) is 0 Å². The Balaban J connectivity index is 1.71. The van der Waals surface area contributed by atoms with Crippen LogP contribution in [0, 0.1) is 5.92 Å². The van der Waals surface area contributed by atoms with E-state index in [0.717, 1.165) is 19.3 Å². The molecule has 0 amide bonds. The standard InChI is InChI=1S/C11H16O4/c1-10-4-3-7(5-8(10)14-10)11(2)6-13-9(12)15-11/h7-8H,3-6H2,1-2H3/t7?,8?,10-,11?/m0/s1. The Kier molecular flexibility index (Phi) is 1.68. The predicted octanol–water partition coefficient (Wildman–Crippen LogP) is 1.87. The van der Waals surface area contributed by atoms with Crippen molar-refractivity contribution in [3.05, 3.63) is 0 Å². The molecular weight excluding hydrogens is 196 g/mol. The van der Waals surface area contributed by atoms with E-state index in [-0.39, 0.29) is 5.60 Å². The lowest BCUT2D eigenvalue weighted by Crippen LogP contribution is -2.41. The summed E-state index contributed by atoms with van der Waals surface area (Å²) in [5.41, 5.74) is -0.305. The Morgan fingerprint density at radius 1 is 1.33 bits per heavy atom. The highest BCUT2D eigenvalue weighted by molar-refractivity contribution is 5.62. The van der Waals surface area contributed by atoms with Crippen LogP contribution in [-0.4, -0.2) is 30.1 Å². The van der Waals surface area contributed by atoms with Crippen LogP contribution in [0.2, 0.25) is 0 Å². The van der Waals surface area contributed by atoms with Crippen LogP contribution in [0.4, 0.5) is 4.79 Å². The first-order valence-corrected chi connectivity index (χ1v) is 5.55. The minimum atomic E-state index is -0.525. The van der Waals surface area contributed by atoms with Crippen molar-refractivity contribution in [2.45, 2.75) is 50.4 Å². The van der Waals surface area contributed by atoms with Crippen molar-refractivity contribution in [2.75, 3.05) is 6.61 Å². The zero-order valence-corrected chi connectivity index (χ0v) is 9.12. The van der Waals surface area contributed by atoms with Gasteiger partial charge in [0.05, 0.1) is 11.7 Å². The van der Waals surface area contributed by atoms with Crippen molar-refractivity contribution in [1.82, 2.24) is 0 Å². The number of hydrogen-bond acceptors (Lipinski definition) is 4. The highest BCUT2D eigenvalue weighted by Crippen LogP contribution is 2.52. The molecule has 0 radical (unpaired) electrons. The van der Waals surface area contributed by atoms with Gasteiger partial charge >= 0.3 is 6.16 Å². The SMILES string of the molecule is CC1(C2CC[C@]3(C)OC3C2)COC(=O)O1. The van der Waals surface area contributed by atoms with Gasteiger partial charge in [0.25, 0.3) is 0 Å². The molecule has 1 saturated carbocycles. The van der Waals surface area contributed by atoms with Gasteiger partial charge in [-0.2, -0.15) is 0 Å². The summed E-state index contributed by atoms with van der Waals surface area (Å²) in [5, 5.41) is 0. The van der Waals surface area contributed by atoms with E-state index in [1.54, 1.807) is 0 Å². The summed E-state index contributed by atoms with van der Waals surface area (Å²) in [4.78, 5) is 11.0.